The first-order valence-corrected chi connectivity index (χ1v) is 6.06. The fourth-order valence-electron chi connectivity index (χ4n) is 1.21. The van der Waals surface area contributed by atoms with Gasteiger partial charge in [0, 0.05) is 6.54 Å². The van der Waals surface area contributed by atoms with E-state index < -0.39 is 5.97 Å². The number of aromatic nitrogens is 1. The summed E-state index contributed by atoms with van der Waals surface area (Å²) in [5, 5.41) is 12.7. The highest BCUT2D eigenvalue weighted by atomic mass is 32.1. The van der Waals surface area contributed by atoms with Crippen LogP contribution in [0, 0.1) is 12.3 Å². The molecule has 0 atom stereocenters. The molecule has 5 heteroatoms. The van der Waals surface area contributed by atoms with E-state index >= 15 is 0 Å². The number of aromatic carboxylic acids is 1. The van der Waals surface area contributed by atoms with Gasteiger partial charge in [-0.1, -0.05) is 32.1 Å². The van der Waals surface area contributed by atoms with Gasteiger partial charge in [-0.25, -0.2) is 9.78 Å². The van der Waals surface area contributed by atoms with Crippen molar-refractivity contribution in [1.29, 1.82) is 0 Å². The van der Waals surface area contributed by atoms with E-state index in [0.29, 0.717) is 15.7 Å². The average molecular weight is 242 g/mol. The Morgan fingerprint density at radius 3 is 2.56 bits per heavy atom. The maximum absolute atomic E-state index is 10.8. The summed E-state index contributed by atoms with van der Waals surface area (Å²) < 4.78 is 0. The number of carboxylic acid groups (broad SMARTS) is 1. The van der Waals surface area contributed by atoms with Gasteiger partial charge in [-0.2, -0.15) is 0 Å². The largest absolute Gasteiger partial charge is 0.477 e. The molecular weight excluding hydrogens is 224 g/mol. The van der Waals surface area contributed by atoms with E-state index in [1.807, 2.05) is 0 Å². The van der Waals surface area contributed by atoms with Gasteiger partial charge >= 0.3 is 5.97 Å². The molecule has 0 aliphatic heterocycles. The zero-order valence-corrected chi connectivity index (χ0v) is 10.9. The van der Waals surface area contributed by atoms with E-state index in [1.165, 1.54) is 11.3 Å². The summed E-state index contributed by atoms with van der Waals surface area (Å²) in [7, 11) is 0. The van der Waals surface area contributed by atoms with E-state index in [0.717, 1.165) is 13.0 Å². The molecule has 0 bridgehead atoms. The highest BCUT2D eigenvalue weighted by Gasteiger charge is 2.14. The molecule has 16 heavy (non-hydrogen) atoms. The molecular formula is C11H18N2O2S. The monoisotopic (exact) mass is 242 g/mol. The molecule has 1 aromatic heterocycles. The zero-order valence-electron chi connectivity index (χ0n) is 10.1. The van der Waals surface area contributed by atoms with Crippen LogP contribution < -0.4 is 5.32 Å². The molecule has 0 amide bonds. The maximum atomic E-state index is 10.8. The van der Waals surface area contributed by atoms with Crippen molar-refractivity contribution in [3.05, 3.63) is 10.6 Å². The van der Waals surface area contributed by atoms with Crippen molar-refractivity contribution in [2.75, 3.05) is 11.9 Å². The molecule has 1 rings (SSSR count). The fourth-order valence-corrected chi connectivity index (χ4v) is 2.05. The molecule has 0 aliphatic rings. The Kier molecular flexibility index (Phi) is 3.91. The Bertz CT molecular complexity index is 380. The van der Waals surface area contributed by atoms with E-state index in [2.05, 4.69) is 31.1 Å². The van der Waals surface area contributed by atoms with Crippen molar-refractivity contribution in [2.24, 2.45) is 5.41 Å². The quantitative estimate of drug-likeness (QED) is 0.852. The summed E-state index contributed by atoms with van der Waals surface area (Å²) in [6.45, 7) is 9.05. The number of aryl methyl sites for hydroxylation is 1. The van der Waals surface area contributed by atoms with Crippen LogP contribution in [0.2, 0.25) is 0 Å². The molecule has 0 aromatic carbocycles. The van der Waals surface area contributed by atoms with Gasteiger partial charge in [-0.15, -0.1) is 0 Å². The lowest BCUT2D eigenvalue weighted by Crippen LogP contribution is -2.12. The number of nitrogens with zero attached hydrogens (tertiary/aromatic N) is 1. The van der Waals surface area contributed by atoms with Crippen LogP contribution in [0.5, 0.6) is 0 Å². The van der Waals surface area contributed by atoms with Gasteiger partial charge in [0.25, 0.3) is 0 Å². The number of carboxylic acids is 1. The van der Waals surface area contributed by atoms with Crippen LogP contribution in [-0.4, -0.2) is 22.6 Å². The van der Waals surface area contributed by atoms with Gasteiger partial charge in [-0.05, 0) is 18.8 Å². The summed E-state index contributed by atoms with van der Waals surface area (Å²) in [5.74, 6) is -0.904. The lowest BCUT2D eigenvalue weighted by Gasteiger charge is -2.17. The van der Waals surface area contributed by atoms with Crippen LogP contribution in [0.4, 0.5) is 5.13 Å². The van der Waals surface area contributed by atoms with Crippen LogP contribution in [0.1, 0.15) is 42.6 Å². The second kappa shape index (κ2) is 4.82. The van der Waals surface area contributed by atoms with Gasteiger partial charge in [0.05, 0.1) is 5.69 Å². The van der Waals surface area contributed by atoms with Crippen molar-refractivity contribution in [3.8, 4) is 0 Å². The normalized spacial score (nSPS) is 11.5. The van der Waals surface area contributed by atoms with Crippen LogP contribution in [0.15, 0.2) is 0 Å². The average Bonchev–Trinajstić information content (AvgIpc) is 2.44. The smallest absolute Gasteiger partial charge is 0.347 e. The molecule has 0 aliphatic carbocycles. The molecule has 1 heterocycles. The van der Waals surface area contributed by atoms with E-state index in [-0.39, 0.29) is 5.41 Å². The SMILES string of the molecule is Cc1nc(NCCC(C)(C)C)sc1C(=O)O. The highest BCUT2D eigenvalue weighted by molar-refractivity contribution is 7.17. The van der Waals surface area contributed by atoms with E-state index in [4.69, 9.17) is 5.11 Å². The van der Waals surface area contributed by atoms with Crippen LogP contribution in [-0.2, 0) is 0 Å². The Labute approximate surface area is 99.7 Å². The molecule has 0 spiro atoms. The first-order valence-electron chi connectivity index (χ1n) is 5.24. The number of rotatable bonds is 4. The first-order chi connectivity index (χ1) is 7.29. The van der Waals surface area contributed by atoms with E-state index in [1.54, 1.807) is 6.92 Å². The van der Waals surface area contributed by atoms with E-state index in [9.17, 15) is 4.79 Å². The molecule has 90 valence electrons. The summed E-state index contributed by atoms with van der Waals surface area (Å²) in [4.78, 5) is 15.3. The Hall–Kier alpha value is -1.10. The molecule has 2 N–H and O–H groups in total. The molecule has 0 fully saturated rings. The molecule has 0 saturated heterocycles. The minimum atomic E-state index is -0.904. The van der Waals surface area contributed by atoms with Gasteiger partial charge in [0.2, 0.25) is 0 Å². The Morgan fingerprint density at radius 1 is 1.50 bits per heavy atom. The maximum Gasteiger partial charge on any atom is 0.347 e. The Balaban J connectivity index is 2.56. The van der Waals surface area contributed by atoms with Crippen LogP contribution >= 0.6 is 11.3 Å². The predicted octanol–water partition coefficient (Wildman–Crippen LogP) is 3.00. The molecule has 0 unspecified atom stereocenters. The molecule has 0 radical (unpaired) electrons. The minimum absolute atomic E-state index is 0.273. The standard InChI is InChI=1S/C11H18N2O2S/c1-7-8(9(14)15)16-10(13-7)12-6-5-11(2,3)4/h5-6H2,1-4H3,(H,12,13)(H,14,15). The van der Waals surface area contributed by atoms with Crippen molar-refractivity contribution in [2.45, 2.75) is 34.1 Å². The topological polar surface area (TPSA) is 62.2 Å². The van der Waals surface area contributed by atoms with Crippen molar-refractivity contribution in [3.63, 3.8) is 0 Å². The highest BCUT2D eigenvalue weighted by Crippen LogP contribution is 2.23. The second-order valence-electron chi connectivity index (χ2n) is 4.98. The lowest BCUT2D eigenvalue weighted by molar-refractivity contribution is 0.0701. The molecule has 0 saturated carbocycles. The number of anilines is 1. The lowest BCUT2D eigenvalue weighted by atomic mass is 9.92. The van der Waals surface area contributed by atoms with Crippen LogP contribution in [0.3, 0.4) is 0 Å². The van der Waals surface area contributed by atoms with Gasteiger partial charge in [-0.3, -0.25) is 0 Å². The summed E-state index contributed by atoms with van der Waals surface area (Å²) in [6.07, 6.45) is 1.02. The molecule has 1 aromatic rings. The second-order valence-corrected chi connectivity index (χ2v) is 5.98. The number of hydrogen-bond acceptors (Lipinski definition) is 4. The first kappa shape index (κ1) is 13.0. The summed E-state index contributed by atoms with van der Waals surface area (Å²) in [6, 6.07) is 0. The zero-order chi connectivity index (χ0) is 12.3. The van der Waals surface area contributed by atoms with Crippen molar-refractivity contribution < 1.29 is 9.90 Å². The van der Waals surface area contributed by atoms with Crippen molar-refractivity contribution in [1.82, 2.24) is 4.98 Å². The van der Waals surface area contributed by atoms with Crippen molar-refractivity contribution >= 4 is 22.4 Å². The van der Waals surface area contributed by atoms with Gasteiger partial charge in [0.1, 0.15) is 4.88 Å². The minimum Gasteiger partial charge on any atom is -0.477 e. The molecule has 4 nitrogen and oxygen atoms in total. The third kappa shape index (κ3) is 3.81. The summed E-state index contributed by atoms with van der Waals surface area (Å²) >= 11 is 1.20. The fraction of sp³-hybridized carbons (Fsp3) is 0.636. The van der Waals surface area contributed by atoms with Crippen LogP contribution in [0.25, 0.3) is 0 Å². The number of nitrogens with one attached hydrogen (secondary N) is 1. The number of carbonyl (C=O) groups is 1. The number of hydrogen-bond donors (Lipinski definition) is 2. The number of thiazole rings is 1. The Morgan fingerprint density at radius 2 is 2.12 bits per heavy atom. The predicted molar refractivity (Wildman–Crippen MR) is 66.4 cm³/mol. The summed E-state index contributed by atoms with van der Waals surface area (Å²) in [5.41, 5.74) is 0.852. The third-order valence-corrected chi connectivity index (χ3v) is 3.25. The van der Waals surface area contributed by atoms with Gasteiger partial charge < -0.3 is 10.4 Å². The third-order valence-electron chi connectivity index (χ3n) is 2.14. The van der Waals surface area contributed by atoms with Gasteiger partial charge in [0.15, 0.2) is 5.13 Å².